The van der Waals surface area contributed by atoms with Gasteiger partial charge >= 0.3 is 5.97 Å². The number of hydrogen-bond acceptors (Lipinski definition) is 4. The maximum Gasteiger partial charge on any atom is 0.340 e. The fourth-order valence-electron chi connectivity index (χ4n) is 1.91. The third-order valence-electron chi connectivity index (χ3n) is 2.93. The minimum Gasteiger partial charge on any atom is -0.497 e. The van der Waals surface area contributed by atoms with Crippen molar-refractivity contribution in [1.29, 1.82) is 0 Å². The highest BCUT2D eigenvalue weighted by atomic mass is 35.5. The highest BCUT2D eigenvalue weighted by Gasteiger charge is 2.15. The summed E-state index contributed by atoms with van der Waals surface area (Å²) < 4.78 is 10.2. The summed E-state index contributed by atoms with van der Waals surface area (Å²) in [4.78, 5) is 11.7. The monoisotopic (exact) mass is 281 g/mol. The lowest BCUT2D eigenvalue weighted by atomic mass is 10.1. The molecule has 0 fully saturated rings. The van der Waals surface area contributed by atoms with E-state index in [1.165, 1.54) is 7.11 Å². The van der Waals surface area contributed by atoms with Crippen LogP contribution in [-0.4, -0.2) is 25.7 Å². The summed E-state index contributed by atoms with van der Waals surface area (Å²) in [5, 5.41) is 3.71. The summed E-state index contributed by atoms with van der Waals surface area (Å²) in [6.07, 6.45) is 5.81. The van der Waals surface area contributed by atoms with Gasteiger partial charge in [0.1, 0.15) is 6.10 Å². The van der Waals surface area contributed by atoms with Gasteiger partial charge in [-0.3, -0.25) is 0 Å². The number of esters is 1. The van der Waals surface area contributed by atoms with Crippen molar-refractivity contribution in [3.8, 4) is 0 Å². The molecule has 1 aliphatic heterocycles. The van der Waals surface area contributed by atoms with Crippen LogP contribution in [0.4, 0.5) is 5.69 Å². The number of rotatable bonds is 4. The quantitative estimate of drug-likeness (QED) is 0.861. The molecule has 1 N–H and O–H groups in total. The van der Waals surface area contributed by atoms with Crippen LogP contribution in [0.3, 0.4) is 0 Å². The van der Waals surface area contributed by atoms with Gasteiger partial charge in [-0.15, -0.1) is 0 Å². The van der Waals surface area contributed by atoms with E-state index in [0.717, 1.165) is 12.8 Å². The van der Waals surface area contributed by atoms with Crippen molar-refractivity contribution in [2.24, 2.45) is 0 Å². The Morgan fingerprint density at radius 3 is 3.11 bits per heavy atom. The van der Waals surface area contributed by atoms with Crippen molar-refractivity contribution in [3.05, 3.63) is 41.1 Å². The number of methoxy groups -OCH3 is 1. The number of halogens is 1. The minimum absolute atomic E-state index is 0.117. The molecule has 0 saturated carbocycles. The average Bonchev–Trinajstić information content (AvgIpc) is 2.46. The first kappa shape index (κ1) is 13.7. The molecule has 1 heterocycles. The maximum absolute atomic E-state index is 11.7. The Bertz CT molecular complexity index is 488. The van der Waals surface area contributed by atoms with Gasteiger partial charge in [0.25, 0.3) is 0 Å². The lowest BCUT2D eigenvalue weighted by Gasteiger charge is -2.21. The summed E-state index contributed by atoms with van der Waals surface area (Å²) in [5.74, 6) is -0.408. The number of carbonyl (C=O) groups excluding carboxylic acids is 1. The molecule has 1 atom stereocenters. The summed E-state index contributed by atoms with van der Waals surface area (Å²) in [5.41, 5.74) is 1.13. The normalized spacial score (nSPS) is 17.7. The Kier molecular flexibility index (Phi) is 4.68. The molecule has 0 saturated heterocycles. The average molecular weight is 282 g/mol. The van der Waals surface area contributed by atoms with Gasteiger partial charge in [-0.1, -0.05) is 11.6 Å². The topological polar surface area (TPSA) is 47.6 Å². The van der Waals surface area contributed by atoms with Gasteiger partial charge in [-0.25, -0.2) is 4.79 Å². The number of allylic oxidation sites excluding steroid dienone is 1. The van der Waals surface area contributed by atoms with Crippen LogP contribution in [0, 0.1) is 0 Å². The minimum atomic E-state index is -0.408. The van der Waals surface area contributed by atoms with Gasteiger partial charge in [-0.05, 0) is 37.1 Å². The van der Waals surface area contributed by atoms with E-state index in [1.807, 2.05) is 6.08 Å². The van der Waals surface area contributed by atoms with Crippen molar-refractivity contribution in [3.63, 3.8) is 0 Å². The predicted molar refractivity (Wildman–Crippen MR) is 74.5 cm³/mol. The first-order valence-corrected chi connectivity index (χ1v) is 6.50. The van der Waals surface area contributed by atoms with Crippen molar-refractivity contribution in [1.82, 2.24) is 0 Å². The third-order valence-corrected chi connectivity index (χ3v) is 3.16. The highest BCUT2D eigenvalue weighted by molar-refractivity contribution is 6.31. The molecule has 0 amide bonds. The summed E-state index contributed by atoms with van der Waals surface area (Å²) >= 11 is 5.90. The van der Waals surface area contributed by atoms with E-state index in [4.69, 9.17) is 21.1 Å². The molecular formula is C14H16ClNO3. The molecule has 0 radical (unpaired) electrons. The van der Waals surface area contributed by atoms with Gasteiger partial charge in [0, 0.05) is 10.7 Å². The lowest BCUT2D eigenvalue weighted by Crippen LogP contribution is -2.23. The van der Waals surface area contributed by atoms with E-state index in [9.17, 15) is 4.79 Å². The second-order valence-corrected chi connectivity index (χ2v) is 4.71. The van der Waals surface area contributed by atoms with Crippen LogP contribution in [0.1, 0.15) is 23.2 Å². The maximum atomic E-state index is 11.7. The molecule has 0 bridgehead atoms. The first-order valence-electron chi connectivity index (χ1n) is 6.13. The molecule has 1 aromatic carbocycles. The zero-order valence-electron chi connectivity index (χ0n) is 10.7. The number of benzene rings is 1. The molecule has 0 aromatic heterocycles. The summed E-state index contributed by atoms with van der Waals surface area (Å²) in [6, 6.07) is 5.10. The van der Waals surface area contributed by atoms with Crippen LogP contribution in [0.25, 0.3) is 0 Å². The summed E-state index contributed by atoms with van der Waals surface area (Å²) in [6.45, 7) is 0.635. The molecule has 0 spiro atoms. The zero-order valence-corrected chi connectivity index (χ0v) is 11.4. The van der Waals surface area contributed by atoms with Crippen molar-refractivity contribution in [2.75, 3.05) is 19.0 Å². The van der Waals surface area contributed by atoms with Crippen LogP contribution >= 0.6 is 11.6 Å². The highest BCUT2D eigenvalue weighted by Crippen LogP contribution is 2.22. The molecule has 102 valence electrons. The first-order chi connectivity index (χ1) is 9.20. The second kappa shape index (κ2) is 6.48. The third kappa shape index (κ3) is 3.64. The Hall–Kier alpha value is -1.68. The molecule has 0 aliphatic carbocycles. The largest absolute Gasteiger partial charge is 0.497 e. The zero-order chi connectivity index (χ0) is 13.7. The summed E-state index contributed by atoms with van der Waals surface area (Å²) in [7, 11) is 1.35. The van der Waals surface area contributed by atoms with Gasteiger partial charge in [0.05, 0.1) is 25.5 Å². The molecular weight excluding hydrogens is 266 g/mol. The van der Waals surface area contributed by atoms with Crippen LogP contribution in [-0.2, 0) is 9.47 Å². The number of ether oxygens (including phenoxy) is 2. The van der Waals surface area contributed by atoms with E-state index >= 15 is 0 Å². The molecule has 1 unspecified atom stereocenters. The standard InChI is InChI=1S/C14H16ClNO3/c1-18-14(17)12-8-10(15)5-6-13(12)16-9-11-4-2-3-7-19-11/h3,5-8,11,16H,2,4,9H2,1H3. The van der Waals surface area contributed by atoms with E-state index in [1.54, 1.807) is 24.5 Å². The lowest BCUT2D eigenvalue weighted by molar-refractivity contribution is 0.0601. The van der Waals surface area contributed by atoms with Gasteiger partial charge < -0.3 is 14.8 Å². The van der Waals surface area contributed by atoms with E-state index < -0.39 is 5.97 Å². The van der Waals surface area contributed by atoms with Crippen LogP contribution < -0.4 is 5.32 Å². The van der Waals surface area contributed by atoms with Gasteiger partial charge in [0.2, 0.25) is 0 Å². The molecule has 1 aromatic rings. The van der Waals surface area contributed by atoms with Crippen molar-refractivity contribution >= 4 is 23.3 Å². The molecule has 2 rings (SSSR count). The van der Waals surface area contributed by atoms with Crippen molar-refractivity contribution in [2.45, 2.75) is 18.9 Å². The fraction of sp³-hybridized carbons (Fsp3) is 0.357. The van der Waals surface area contributed by atoms with Crippen molar-refractivity contribution < 1.29 is 14.3 Å². The smallest absolute Gasteiger partial charge is 0.340 e. The van der Waals surface area contributed by atoms with Gasteiger partial charge in [0.15, 0.2) is 0 Å². The van der Waals surface area contributed by atoms with Crippen LogP contribution in [0.5, 0.6) is 0 Å². The number of anilines is 1. The van der Waals surface area contributed by atoms with Crippen LogP contribution in [0.15, 0.2) is 30.5 Å². The fourth-order valence-corrected chi connectivity index (χ4v) is 2.08. The molecule has 1 aliphatic rings. The van der Waals surface area contributed by atoms with Crippen LogP contribution in [0.2, 0.25) is 5.02 Å². The predicted octanol–water partition coefficient (Wildman–Crippen LogP) is 3.23. The molecule has 4 nitrogen and oxygen atoms in total. The number of nitrogens with one attached hydrogen (secondary N) is 1. The van der Waals surface area contributed by atoms with E-state index in [2.05, 4.69) is 5.32 Å². The van der Waals surface area contributed by atoms with E-state index in [0.29, 0.717) is 22.8 Å². The Morgan fingerprint density at radius 1 is 1.58 bits per heavy atom. The second-order valence-electron chi connectivity index (χ2n) is 4.27. The molecule has 19 heavy (non-hydrogen) atoms. The van der Waals surface area contributed by atoms with E-state index in [-0.39, 0.29) is 6.10 Å². The van der Waals surface area contributed by atoms with Gasteiger partial charge in [-0.2, -0.15) is 0 Å². The Morgan fingerprint density at radius 2 is 2.42 bits per heavy atom. The SMILES string of the molecule is COC(=O)c1cc(Cl)ccc1NCC1CCC=CO1. The number of hydrogen-bond donors (Lipinski definition) is 1. The number of carbonyl (C=O) groups is 1. The Labute approximate surface area is 117 Å². The molecule has 5 heteroatoms. The Balaban J connectivity index is 2.06.